The predicted molar refractivity (Wildman–Crippen MR) is 66.5 cm³/mol. The maximum absolute atomic E-state index is 11.5. The van der Waals surface area contributed by atoms with Crippen LogP contribution in [0.15, 0.2) is 24.3 Å². The van der Waals surface area contributed by atoms with E-state index in [0.29, 0.717) is 24.1 Å². The number of nitrogens with one attached hydrogen (secondary N) is 1. The zero-order chi connectivity index (χ0) is 12.8. The summed E-state index contributed by atoms with van der Waals surface area (Å²) in [6.07, 6.45) is 0.986. The van der Waals surface area contributed by atoms with E-state index < -0.39 is 5.91 Å². The summed E-state index contributed by atoms with van der Waals surface area (Å²) < 4.78 is 0. The molecule has 0 fully saturated rings. The van der Waals surface area contributed by atoms with Crippen LogP contribution in [-0.2, 0) is 4.79 Å². The van der Waals surface area contributed by atoms with Crippen molar-refractivity contribution in [2.45, 2.75) is 25.8 Å². The van der Waals surface area contributed by atoms with Gasteiger partial charge in [-0.1, -0.05) is 6.07 Å². The summed E-state index contributed by atoms with van der Waals surface area (Å²) in [7, 11) is 0. The second-order valence-corrected chi connectivity index (χ2v) is 4.01. The van der Waals surface area contributed by atoms with Gasteiger partial charge < -0.3 is 16.8 Å². The number of carbonyl (C=O) groups is 2. The lowest BCUT2D eigenvalue weighted by atomic mass is 10.1. The van der Waals surface area contributed by atoms with E-state index in [1.165, 1.54) is 0 Å². The number of rotatable bonds is 5. The fourth-order valence-electron chi connectivity index (χ4n) is 1.33. The minimum Gasteiger partial charge on any atom is -0.366 e. The number of hydrogen-bond donors (Lipinski definition) is 3. The van der Waals surface area contributed by atoms with Gasteiger partial charge in [0.1, 0.15) is 0 Å². The molecule has 2 amide bonds. The highest BCUT2D eigenvalue weighted by Gasteiger charge is 2.06. The molecule has 5 heteroatoms. The molecule has 5 nitrogen and oxygen atoms in total. The first kappa shape index (κ1) is 13.2. The van der Waals surface area contributed by atoms with Gasteiger partial charge in [0.2, 0.25) is 11.8 Å². The minimum atomic E-state index is -0.517. The van der Waals surface area contributed by atoms with Crippen molar-refractivity contribution in [1.82, 2.24) is 0 Å². The Morgan fingerprint density at radius 1 is 1.41 bits per heavy atom. The van der Waals surface area contributed by atoms with Crippen LogP contribution >= 0.6 is 0 Å². The Labute approximate surface area is 100 Å². The van der Waals surface area contributed by atoms with Crippen LogP contribution in [0.5, 0.6) is 0 Å². The molecule has 0 saturated carbocycles. The van der Waals surface area contributed by atoms with Crippen LogP contribution in [0.2, 0.25) is 0 Å². The lowest BCUT2D eigenvalue weighted by Crippen LogP contribution is -2.19. The van der Waals surface area contributed by atoms with Crippen LogP contribution in [0.1, 0.15) is 30.1 Å². The molecule has 0 aromatic heterocycles. The van der Waals surface area contributed by atoms with Crippen molar-refractivity contribution in [2.24, 2.45) is 11.5 Å². The van der Waals surface area contributed by atoms with Crippen molar-refractivity contribution in [2.75, 3.05) is 5.32 Å². The molecular formula is C12H17N3O2. The SMILES string of the molecule is CC(N)CCC(=O)Nc1cccc(C(N)=O)c1. The largest absolute Gasteiger partial charge is 0.366 e. The van der Waals surface area contributed by atoms with Crippen LogP contribution in [0.4, 0.5) is 5.69 Å². The fourth-order valence-corrected chi connectivity index (χ4v) is 1.33. The molecule has 0 radical (unpaired) electrons. The molecule has 1 rings (SSSR count). The number of carbonyl (C=O) groups excluding carboxylic acids is 2. The number of anilines is 1. The number of amides is 2. The lowest BCUT2D eigenvalue weighted by molar-refractivity contribution is -0.116. The molecule has 0 aliphatic carbocycles. The fraction of sp³-hybridized carbons (Fsp3) is 0.333. The molecule has 0 aliphatic rings. The summed E-state index contributed by atoms with van der Waals surface area (Å²) in [5.41, 5.74) is 11.6. The molecule has 0 spiro atoms. The van der Waals surface area contributed by atoms with Gasteiger partial charge in [-0.2, -0.15) is 0 Å². The van der Waals surface area contributed by atoms with Gasteiger partial charge in [-0.15, -0.1) is 0 Å². The van der Waals surface area contributed by atoms with E-state index in [4.69, 9.17) is 11.5 Å². The second-order valence-electron chi connectivity index (χ2n) is 4.01. The highest BCUT2D eigenvalue weighted by atomic mass is 16.2. The third kappa shape index (κ3) is 4.65. The molecule has 5 N–H and O–H groups in total. The third-order valence-electron chi connectivity index (χ3n) is 2.26. The molecule has 1 aromatic carbocycles. The molecule has 0 saturated heterocycles. The highest BCUT2D eigenvalue weighted by molar-refractivity contribution is 5.96. The maximum atomic E-state index is 11.5. The van der Waals surface area contributed by atoms with Crippen LogP contribution in [-0.4, -0.2) is 17.9 Å². The van der Waals surface area contributed by atoms with Crippen molar-refractivity contribution in [3.8, 4) is 0 Å². The Balaban J connectivity index is 2.59. The molecule has 17 heavy (non-hydrogen) atoms. The molecule has 0 bridgehead atoms. The van der Waals surface area contributed by atoms with Gasteiger partial charge in [0.05, 0.1) is 0 Å². The number of hydrogen-bond acceptors (Lipinski definition) is 3. The Morgan fingerprint density at radius 3 is 2.71 bits per heavy atom. The highest BCUT2D eigenvalue weighted by Crippen LogP contribution is 2.11. The van der Waals surface area contributed by atoms with E-state index in [1.54, 1.807) is 24.3 Å². The van der Waals surface area contributed by atoms with E-state index in [0.717, 1.165) is 0 Å². The first-order chi connectivity index (χ1) is 7.99. The summed E-state index contributed by atoms with van der Waals surface area (Å²) >= 11 is 0. The zero-order valence-electron chi connectivity index (χ0n) is 9.77. The molecule has 92 valence electrons. The molecule has 1 unspecified atom stereocenters. The summed E-state index contributed by atoms with van der Waals surface area (Å²) in [6.45, 7) is 1.85. The van der Waals surface area contributed by atoms with Crippen molar-refractivity contribution in [3.63, 3.8) is 0 Å². The summed E-state index contributed by atoms with van der Waals surface area (Å²) in [6, 6.07) is 6.52. The Bertz CT molecular complexity index is 416. The summed E-state index contributed by atoms with van der Waals surface area (Å²) in [5, 5.41) is 2.69. The maximum Gasteiger partial charge on any atom is 0.248 e. The number of primary amides is 1. The third-order valence-corrected chi connectivity index (χ3v) is 2.26. The van der Waals surface area contributed by atoms with Gasteiger partial charge in [0.25, 0.3) is 0 Å². The Kier molecular flexibility index (Phi) is 4.66. The van der Waals surface area contributed by atoms with Gasteiger partial charge >= 0.3 is 0 Å². The monoisotopic (exact) mass is 235 g/mol. The van der Waals surface area contributed by atoms with E-state index >= 15 is 0 Å². The minimum absolute atomic E-state index is 0.00213. The number of nitrogens with two attached hydrogens (primary N) is 2. The molecular weight excluding hydrogens is 218 g/mol. The van der Waals surface area contributed by atoms with Crippen LogP contribution < -0.4 is 16.8 Å². The van der Waals surface area contributed by atoms with Crippen molar-refractivity contribution in [3.05, 3.63) is 29.8 Å². The normalized spacial score (nSPS) is 11.9. The second kappa shape index (κ2) is 6.00. The van der Waals surface area contributed by atoms with Crippen LogP contribution in [0.3, 0.4) is 0 Å². The standard InChI is InChI=1S/C12H17N3O2/c1-8(13)5-6-11(16)15-10-4-2-3-9(7-10)12(14)17/h2-4,7-8H,5-6,13H2,1H3,(H2,14,17)(H,15,16). The lowest BCUT2D eigenvalue weighted by Gasteiger charge is -2.07. The first-order valence-corrected chi connectivity index (χ1v) is 5.44. The average Bonchev–Trinajstić information content (AvgIpc) is 2.26. The van der Waals surface area contributed by atoms with Gasteiger partial charge in [0.15, 0.2) is 0 Å². The predicted octanol–water partition coefficient (Wildman–Crippen LogP) is 0.851. The van der Waals surface area contributed by atoms with Gasteiger partial charge in [-0.05, 0) is 31.5 Å². The smallest absolute Gasteiger partial charge is 0.248 e. The van der Waals surface area contributed by atoms with E-state index in [9.17, 15) is 9.59 Å². The van der Waals surface area contributed by atoms with Gasteiger partial charge in [0, 0.05) is 23.7 Å². The van der Waals surface area contributed by atoms with Crippen molar-refractivity contribution < 1.29 is 9.59 Å². The molecule has 1 atom stereocenters. The van der Waals surface area contributed by atoms with Gasteiger partial charge in [-0.25, -0.2) is 0 Å². The van der Waals surface area contributed by atoms with Gasteiger partial charge in [-0.3, -0.25) is 9.59 Å². The quantitative estimate of drug-likeness (QED) is 0.705. The summed E-state index contributed by atoms with van der Waals surface area (Å²) in [5.74, 6) is -0.638. The van der Waals surface area contributed by atoms with E-state index in [1.807, 2.05) is 6.92 Å². The first-order valence-electron chi connectivity index (χ1n) is 5.44. The van der Waals surface area contributed by atoms with Crippen molar-refractivity contribution in [1.29, 1.82) is 0 Å². The van der Waals surface area contributed by atoms with Crippen LogP contribution in [0, 0.1) is 0 Å². The van der Waals surface area contributed by atoms with E-state index in [-0.39, 0.29) is 11.9 Å². The zero-order valence-corrected chi connectivity index (χ0v) is 9.77. The molecule has 1 aromatic rings. The van der Waals surface area contributed by atoms with E-state index in [2.05, 4.69) is 5.32 Å². The average molecular weight is 235 g/mol. The summed E-state index contributed by atoms with van der Waals surface area (Å²) in [4.78, 5) is 22.5. The van der Waals surface area contributed by atoms with Crippen molar-refractivity contribution >= 4 is 17.5 Å². The Hall–Kier alpha value is -1.88. The molecule has 0 heterocycles. The molecule has 0 aliphatic heterocycles. The topological polar surface area (TPSA) is 98.2 Å². The Morgan fingerprint density at radius 2 is 2.12 bits per heavy atom. The van der Waals surface area contributed by atoms with Crippen LogP contribution in [0.25, 0.3) is 0 Å². The number of benzene rings is 1.